The zero-order valence-corrected chi connectivity index (χ0v) is 12.7. The number of nitrogens with zero attached hydrogens (tertiary/aromatic N) is 3. The zero-order valence-electron chi connectivity index (χ0n) is 12.7. The van der Waals surface area contributed by atoms with Crippen molar-refractivity contribution >= 4 is 12.2 Å². The van der Waals surface area contributed by atoms with E-state index in [0.29, 0.717) is 0 Å². The Labute approximate surface area is 126 Å². The SMILES string of the molecule is CN(Cc1ccc(C=NN=C(N)N)cc1)C1CCCCC1. The Morgan fingerprint density at radius 2 is 1.86 bits per heavy atom. The van der Waals surface area contributed by atoms with Crippen molar-refractivity contribution in [3.05, 3.63) is 35.4 Å². The third-order valence-electron chi connectivity index (χ3n) is 3.99. The predicted octanol–water partition coefficient (Wildman–Crippen LogP) is 2.06. The third kappa shape index (κ3) is 5.19. The molecule has 0 aliphatic heterocycles. The molecule has 0 bridgehead atoms. The fourth-order valence-electron chi connectivity index (χ4n) is 2.81. The minimum absolute atomic E-state index is 0.0306. The van der Waals surface area contributed by atoms with E-state index in [2.05, 4.69) is 34.3 Å². The molecule has 1 aromatic rings. The fraction of sp³-hybridized carbons (Fsp3) is 0.500. The Hall–Kier alpha value is -1.88. The molecule has 2 rings (SSSR count). The molecule has 0 amide bonds. The molecule has 1 aromatic carbocycles. The van der Waals surface area contributed by atoms with Gasteiger partial charge in [-0.2, -0.15) is 5.10 Å². The summed E-state index contributed by atoms with van der Waals surface area (Å²) in [6, 6.07) is 9.08. The smallest absolute Gasteiger partial charge is 0.211 e. The zero-order chi connectivity index (χ0) is 15.1. The molecule has 0 saturated heterocycles. The summed E-state index contributed by atoms with van der Waals surface area (Å²) in [5, 5.41) is 7.39. The van der Waals surface area contributed by atoms with E-state index in [4.69, 9.17) is 11.5 Å². The maximum Gasteiger partial charge on any atom is 0.211 e. The fourth-order valence-corrected chi connectivity index (χ4v) is 2.81. The van der Waals surface area contributed by atoms with Crippen LogP contribution in [0.15, 0.2) is 34.5 Å². The highest BCUT2D eigenvalue weighted by Gasteiger charge is 2.17. The number of hydrogen-bond acceptors (Lipinski definition) is 3. The number of benzene rings is 1. The molecule has 5 nitrogen and oxygen atoms in total. The van der Waals surface area contributed by atoms with Gasteiger partial charge in [0.05, 0.1) is 6.21 Å². The van der Waals surface area contributed by atoms with Gasteiger partial charge in [-0.05, 0) is 31.0 Å². The van der Waals surface area contributed by atoms with Crippen molar-refractivity contribution in [2.24, 2.45) is 21.7 Å². The maximum atomic E-state index is 5.21. The van der Waals surface area contributed by atoms with Gasteiger partial charge in [0.2, 0.25) is 5.96 Å². The number of nitrogens with two attached hydrogens (primary N) is 2. The van der Waals surface area contributed by atoms with Crippen LogP contribution >= 0.6 is 0 Å². The second-order valence-electron chi connectivity index (χ2n) is 5.72. The maximum absolute atomic E-state index is 5.21. The van der Waals surface area contributed by atoms with Crippen molar-refractivity contribution in [1.29, 1.82) is 0 Å². The van der Waals surface area contributed by atoms with Crippen molar-refractivity contribution < 1.29 is 0 Å². The first kappa shape index (κ1) is 15.5. The molecule has 0 radical (unpaired) electrons. The monoisotopic (exact) mass is 287 g/mol. The third-order valence-corrected chi connectivity index (χ3v) is 3.99. The van der Waals surface area contributed by atoms with Gasteiger partial charge in [-0.1, -0.05) is 43.5 Å². The van der Waals surface area contributed by atoms with Crippen molar-refractivity contribution in [1.82, 2.24) is 4.90 Å². The summed E-state index contributed by atoms with van der Waals surface area (Å²) in [6.07, 6.45) is 8.45. The summed E-state index contributed by atoms with van der Waals surface area (Å²) in [5.41, 5.74) is 12.7. The summed E-state index contributed by atoms with van der Waals surface area (Å²) in [7, 11) is 2.23. The van der Waals surface area contributed by atoms with E-state index in [-0.39, 0.29) is 5.96 Å². The molecule has 0 atom stereocenters. The molecule has 5 heteroatoms. The Kier molecular flexibility index (Phi) is 5.75. The van der Waals surface area contributed by atoms with Gasteiger partial charge in [-0.3, -0.25) is 4.90 Å². The van der Waals surface area contributed by atoms with Crippen LogP contribution in [0.2, 0.25) is 0 Å². The summed E-state index contributed by atoms with van der Waals surface area (Å²) in [5.74, 6) is -0.0306. The average molecular weight is 287 g/mol. The van der Waals surface area contributed by atoms with E-state index in [1.165, 1.54) is 37.7 Å². The largest absolute Gasteiger partial charge is 0.369 e. The molecule has 1 saturated carbocycles. The minimum atomic E-state index is -0.0306. The van der Waals surface area contributed by atoms with Gasteiger partial charge in [0.15, 0.2) is 0 Å². The molecule has 0 aromatic heterocycles. The summed E-state index contributed by atoms with van der Waals surface area (Å²) in [4.78, 5) is 2.47. The van der Waals surface area contributed by atoms with Gasteiger partial charge in [0.1, 0.15) is 0 Å². The van der Waals surface area contributed by atoms with Crippen LogP contribution in [0.25, 0.3) is 0 Å². The van der Waals surface area contributed by atoms with Crippen LogP contribution in [-0.4, -0.2) is 30.2 Å². The van der Waals surface area contributed by atoms with E-state index in [1.807, 2.05) is 12.1 Å². The molecule has 0 unspecified atom stereocenters. The Bertz CT molecular complexity index is 482. The Morgan fingerprint density at radius 1 is 1.19 bits per heavy atom. The second-order valence-corrected chi connectivity index (χ2v) is 5.72. The first-order chi connectivity index (χ1) is 10.1. The first-order valence-electron chi connectivity index (χ1n) is 7.56. The highest BCUT2D eigenvalue weighted by Crippen LogP contribution is 2.22. The summed E-state index contributed by atoms with van der Waals surface area (Å²) < 4.78 is 0. The molecule has 114 valence electrons. The van der Waals surface area contributed by atoms with Gasteiger partial charge in [0.25, 0.3) is 0 Å². The highest BCUT2D eigenvalue weighted by atomic mass is 15.3. The number of rotatable bonds is 5. The lowest BCUT2D eigenvalue weighted by Crippen LogP contribution is -2.32. The van der Waals surface area contributed by atoms with Crippen LogP contribution in [0.1, 0.15) is 43.2 Å². The molecule has 0 heterocycles. The molecular formula is C16H25N5. The van der Waals surface area contributed by atoms with Gasteiger partial charge >= 0.3 is 0 Å². The minimum Gasteiger partial charge on any atom is -0.369 e. The van der Waals surface area contributed by atoms with Crippen LogP contribution in [-0.2, 0) is 6.54 Å². The van der Waals surface area contributed by atoms with Crippen LogP contribution in [0.3, 0.4) is 0 Å². The summed E-state index contributed by atoms with van der Waals surface area (Å²) in [6.45, 7) is 0.996. The second kappa shape index (κ2) is 7.78. The van der Waals surface area contributed by atoms with Gasteiger partial charge < -0.3 is 11.5 Å². The molecule has 21 heavy (non-hydrogen) atoms. The number of hydrogen-bond donors (Lipinski definition) is 2. The number of guanidine groups is 1. The van der Waals surface area contributed by atoms with E-state index in [1.54, 1.807) is 6.21 Å². The van der Waals surface area contributed by atoms with Crippen molar-refractivity contribution in [2.75, 3.05) is 7.05 Å². The van der Waals surface area contributed by atoms with Crippen LogP contribution in [0.4, 0.5) is 0 Å². The molecule has 0 spiro atoms. The quantitative estimate of drug-likeness (QED) is 0.494. The molecule has 4 N–H and O–H groups in total. The van der Waals surface area contributed by atoms with Gasteiger partial charge in [0, 0.05) is 12.6 Å². The van der Waals surface area contributed by atoms with Crippen molar-refractivity contribution in [3.8, 4) is 0 Å². The lowest BCUT2D eigenvalue weighted by Gasteiger charge is -2.31. The molecule has 1 aliphatic carbocycles. The standard InChI is InChI=1S/C16H25N5/c1-21(15-5-3-2-4-6-15)12-14-9-7-13(8-10-14)11-19-20-16(17)18/h7-11,15H,2-6,12H2,1H3,(H4,17,18,20). The average Bonchev–Trinajstić information content (AvgIpc) is 2.49. The van der Waals surface area contributed by atoms with Gasteiger partial charge in [-0.25, -0.2) is 0 Å². The van der Waals surface area contributed by atoms with E-state index < -0.39 is 0 Å². The molecule has 1 fully saturated rings. The predicted molar refractivity (Wildman–Crippen MR) is 88.2 cm³/mol. The Morgan fingerprint density at radius 3 is 2.48 bits per heavy atom. The molecule has 1 aliphatic rings. The van der Waals surface area contributed by atoms with Crippen LogP contribution in [0, 0.1) is 0 Å². The van der Waals surface area contributed by atoms with Crippen molar-refractivity contribution in [2.45, 2.75) is 44.7 Å². The lowest BCUT2D eigenvalue weighted by atomic mass is 9.94. The lowest BCUT2D eigenvalue weighted by molar-refractivity contribution is 0.184. The van der Waals surface area contributed by atoms with E-state index in [9.17, 15) is 0 Å². The highest BCUT2D eigenvalue weighted by molar-refractivity contribution is 5.81. The first-order valence-corrected chi connectivity index (χ1v) is 7.56. The topological polar surface area (TPSA) is 80.0 Å². The van der Waals surface area contributed by atoms with E-state index in [0.717, 1.165) is 18.2 Å². The Balaban J connectivity index is 1.89. The van der Waals surface area contributed by atoms with Gasteiger partial charge in [-0.15, -0.1) is 5.10 Å². The normalized spacial score (nSPS) is 16.5. The molecular weight excluding hydrogens is 262 g/mol. The van der Waals surface area contributed by atoms with Crippen LogP contribution < -0.4 is 11.5 Å². The van der Waals surface area contributed by atoms with Crippen molar-refractivity contribution in [3.63, 3.8) is 0 Å². The van der Waals surface area contributed by atoms with E-state index >= 15 is 0 Å². The van der Waals surface area contributed by atoms with Crippen LogP contribution in [0.5, 0.6) is 0 Å². The summed E-state index contributed by atoms with van der Waals surface area (Å²) >= 11 is 0.